The molecule has 1 aromatic carbocycles. The number of hydrogen-bond donors (Lipinski definition) is 0. The van der Waals surface area contributed by atoms with Gasteiger partial charge in [-0.05, 0) is 18.8 Å². The molecule has 0 radical (unpaired) electrons. The lowest BCUT2D eigenvalue weighted by Gasteiger charge is -2.28. The maximum Gasteiger partial charge on any atom is 0.227 e. The Morgan fingerprint density at radius 3 is 2.60 bits per heavy atom. The first-order valence-electron chi connectivity index (χ1n) is 7.40. The molecule has 0 spiro atoms. The topological polar surface area (TPSA) is 34.0 Å². The quantitative estimate of drug-likeness (QED) is 0.859. The summed E-state index contributed by atoms with van der Waals surface area (Å²) in [5, 5.41) is 8.84. The maximum absolute atomic E-state index is 4.45. The number of benzene rings is 1. The van der Waals surface area contributed by atoms with Crippen molar-refractivity contribution in [3.8, 4) is 11.4 Å². The number of nitrogens with zero attached hydrogens (tertiary/aromatic N) is 4. The summed E-state index contributed by atoms with van der Waals surface area (Å²) in [5.41, 5.74) is 1.12. The van der Waals surface area contributed by atoms with Crippen molar-refractivity contribution in [2.75, 3.05) is 11.4 Å². The lowest BCUT2D eigenvalue weighted by atomic mass is 10.0. The zero-order valence-corrected chi connectivity index (χ0v) is 12.5. The third-order valence-corrected chi connectivity index (χ3v) is 4.21. The summed E-state index contributed by atoms with van der Waals surface area (Å²) in [7, 11) is 2.06. The molecule has 1 fully saturated rings. The molecule has 0 saturated carbocycles. The third kappa shape index (κ3) is 2.19. The molecule has 2 aromatic rings. The van der Waals surface area contributed by atoms with E-state index in [1.165, 1.54) is 12.8 Å². The Morgan fingerprint density at radius 2 is 1.90 bits per heavy atom. The highest BCUT2D eigenvalue weighted by Gasteiger charge is 2.30. The van der Waals surface area contributed by atoms with E-state index >= 15 is 0 Å². The second kappa shape index (κ2) is 5.27. The zero-order chi connectivity index (χ0) is 14.1. The highest BCUT2D eigenvalue weighted by atomic mass is 15.4. The van der Waals surface area contributed by atoms with E-state index in [9.17, 15) is 0 Å². The van der Waals surface area contributed by atoms with Gasteiger partial charge in [0.2, 0.25) is 5.95 Å². The van der Waals surface area contributed by atoms with Crippen LogP contribution >= 0.6 is 0 Å². The van der Waals surface area contributed by atoms with E-state index in [0.717, 1.165) is 23.9 Å². The summed E-state index contributed by atoms with van der Waals surface area (Å²) >= 11 is 0. The Kier molecular flexibility index (Phi) is 3.47. The second-order valence-corrected chi connectivity index (χ2v) is 5.90. The van der Waals surface area contributed by atoms with Gasteiger partial charge in [0.05, 0.1) is 0 Å². The normalized spacial score (nSPS) is 19.0. The molecule has 1 atom stereocenters. The van der Waals surface area contributed by atoms with Crippen LogP contribution in [0.15, 0.2) is 30.3 Å². The van der Waals surface area contributed by atoms with Gasteiger partial charge >= 0.3 is 0 Å². The van der Waals surface area contributed by atoms with Crippen molar-refractivity contribution >= 4 is 5.95 Å². The van der Waals surface area contributed by atoms with Crippen molar-refractivity contribution < 1.29 is 0 Å². The van der Waals surface area contributed by atoms with Crippen LogP contribution < -0.4 is 4.90 Å². The van der Waals surface area contributed by atoms with E-state index in [1.807, 2.05) is 18.2 Å². The predicted octanol–water partition coefficient (Wildman–Crippen LogP) is 3.11. The van der Waals surface area contributed by atoms with Gasteiger partial charge in [0.15, 0.2) is 5.82 Å². The zero-order valence-electron chi connectivity index (χ0n) is 12.5. The Morgan fingerprint density at radius 1 is 1.15 bits per heavy atom. The monoisotopic (exact) mass is 270 g/mol. The fourth-order valence-corrected chi connectivity index (χ4v) is 3.14. The molecule has 106 valence electrons. The second-order valence-electron chi connectivity index (χ2n) is 5.90. The molecule has 20 heavy (non-hydrogen) atoms. The molecule has 0 aliphatic carbocycles. The van der Waals surface area contributed by atoms with Crippen LogP contribution in [0.25, 0.3) is 11.4 Å². The highest BCUT2D eigenvalue weighted by molar-refractivity contribution is 5.57. The molecule has 1 aromatic heterocycles. The Bertz CT molecular complexity index is 573. The molecule has 0 amide bonds. The Hall–Kier alpha value is -1.84. The molecule has 0 bridgehead atoms. The summed E-state index contributed by atoms with van der Waals surface area (Å²) in [6, 6.07) is 10.8. The number of aromatic nitrogens is 3. The fourth-order valence-electron chi connectivity index (χ4n) is 3.14. The van der Waals surface area contributed by atoms with Gasteiger partial charge in [-0.25, -0.2) is 0 Å². The average Bonchev–Trinajstić information content (AvgIpc) is 3.06. The first-order valence-corrected chi connectivity index (χ1v) is 7.40. The molecule has 1 aliphatic rings. The van der Waals surface area contributed by atoms with E-state index in [2.05, 4.69) is 52.7 Å². The highest BCUT2D eigenvalue weighted by Crippen LogP contribution is 2.30. The Balaban J connectivity index is 1.95. The fraction of sp³-hybridized carbons (Fsp3) is 0.500. The predicted molar refractivity (Wildman–Crippen MR) is 81.6 cm³/mol. The standard InChI is InChI=1S/C16H22N4/c1-12(2)14-10-7-11-20(14)16-18-17-15(19(16)3)13-8-5-4-6-9-13/h4-6,8-9,12,14H,7,10-11H2,1-3H3/t14-/m1/s1. The van der Waals surface area contributed by atoms with Crippen LogP contribution in [0.3, 0.4) is 0 Å². The molecule has 4 heteroatoms. The van der Waals surface area contributed by atoms with Crippen LogP contribution in [0.1, 0.15) is 26.7 Å². The van der Waals surface area contributed by atoms with Crippen molar-refractivity contribution in [3.63, 3.8) is 0 Å². The SMILES string of the molecule is CC(C)[C@H]1CCCN1c1nnc(-c2ccccc2)n1C. The molecular formula is C16H22N4. The number of rotatable bonds is 3. The van der Waals surface area contributed by atoms with Crippen LogP contribution in [-0.2, 0) is 7.05 Å². The molecule has 4 nitrogen and oxygen atoms in total. The first-order chi connectivity index (χ1) is 9.68. The van der Waals surface area contributed by atoms with E-state index in [1.54, 1.807) is 0 Å². The summed E-state index contributed by atoms with van der Waals surface area (Å²) in [6.07, 6.45) is 2.50. The molecule has 2 heterocycles. The van der Waals surface area contributed by atoms with Crippen LogP contribution in [0, 0.1) is 5.92 Å². The summed E-state index contributed by atoms with van der Waals surface area (Å²) < 4.78 is 2.12. The molecule has 0 unspecified atom stereocenters. The van der Waals surface area contributed by atoms with Gasteiger partial charge in [-0.1, -0.05) is 44.2 Å². The summed E-state index contributed by atoms with van der Waals surface area (Å²) in [4.78, 5) is 2.42. The van der Waals surface area contributed by atoms with Gasteiger partial charge in [-0.3, -0.25) is 4.57 Å². The summed E-state index contributed by atoms with van der Waals surface area (Å²) in [5.74, 6) is 2.59. The van der Waals surface area contributed by atoms with E-state index in [4.69, 9.17) is 0 Å². The van der Waals surface area contributed by atoms with Crippen molar-refractivity contribution in [2.45, 2.75) is 32.7 Å². The number of anilines is 1. The van der Waals surface area contributed by atoms with Crippen molar-refractivity contribution in [3.05, 3.63) is 30.3 Å². The lowest BCUT2D eigenvalue weighted by molar-refractivity contribution is 0.484. The average molecular weight is 270 g/mol. The van der Waals surface area contributed by atoms with Crippen LogP contribution in [0.2, 0.25) is 0 Å². The minimum atomic E-state index is 0.585. The van der Waals surface area contributed by atoms with E-state index in [0.29, 0.717) is 12.0 Å². The molecule has 1 aliphatic heterocycles. The van der Waals surface area contributed by atoms with E-state index < -0.39 is 0 Å². The minimum Gasteiger partial charge on any atom is -0.338 e. The van der Waals surface area contributed by atoms with Gasteiger partial charge in [-0.15, -0.1) is 10.2 Å². The van der Waals surface area contributed by atoms with Crippen molar-refractivity contribution in [1.29, 1.82) is 0 Å². The van der Waals surface area contributed by atoms with Crippen molar-refractivity contribution in [2.24, 2.45) is 13.0 Å². The van der Waals surface area contributed by atoms with Gasteiger partial charge in [0.1, 0.15) is 0 Å². The van der Waals surface area contributed by atoms with E-state index in [-0.39, 0.29) is 0 Å². The summed E-state index contributed by atoms with van der Waals surface area (Å²) in [6.45, 7) is 5.67. The first kappa shape index (κ1) is 13.2. The molecule has 1 saturated heterocycles. The van der Waals surface area contributed by atoms with Crippen molar-refractivity contribution in [1.82, 2.24) is 14.8 Å². The van der Waals surface area contributed by atoms with Gasteiger partial charge in [0, 0.05) is 25.2 Å². The lowest BCUT2D eigenvalue weighted by Crippen LogP contribution is -2.35. The Labute approximate surface area is 120 Å². The van der Waals surface area contributed by atoms with Crippen LogP contribution in [0.4, 0.5) is 5.95 Å². The molecular weight excluding hydrogens is 248 g/mol. The smallest absolute Gasteiger partial charge is 0.227 e. The van der Waals surface area contributed by atoms with Gasteiger partial charge in [-0.2, -0.15) is 0 Å². The maximum atomic E-state index is 4.45. The minimum absolute atomic E-state index is 0.585. The van der Waals surface area contributed by atoms with Gasteiger partial charge in [0.25, 0.3) is 0 Å². The largest absolute Gasteiger partial charge is 0.338 e. The third-order valence-electron chi connectivity index (χ3n) is 4.21. The van der Waals surface area contributed by atoms with Crippen LogP contribution in [-0.4, -0.2) is 27.4 Å². The molecule has 0 N–H and O–H groups in total. The number of hydrogen-bond acceptors (Lipinski definition) is 3. The van der Waals surface area contributed by atoms with Crippen LogP contribution in [0.5, 0.6) is 0 Å². The molecule has 3 rings (SSSR count). The van der Waals surface area contributed by atoms with Gasteiger partial charge < -0.3 is 4.90 Å².